The van der Waals surface area contributed by atoms with Gasteiger partial charge >= 0.3 is 0 Å². The zero-order valence-electron chi connectivity index (χ0n) is 10.3. The van der Waals surface area contributed by atoms with Crippen molar-refractivity contribution in [1.29, 1.82) is 0 Å². The van der Waals surface area contributed by atoms with Gasteiger partial charge in [0.05, 0.1) is 18.1 Å². The average molecular weight is 220 g/mol. The number of hydrogen-bond acceptors (Lipinski definition) is 4. The summed E-state index contributed by atoms with van der Waals surface area (Å²) in [7, 11) is 4.00. The summed E-state index contributed by atoms with van der Waals surface area (Å²) in [4.78, 5) is 11.0. The van der Waals surface area contributed by atoms with E-state index in [-0.39, 0.29) is 0 Å². The fourth-order valence-corrected chi connectivity index (χ4v) is 1.96. The minimum absolute atomic E-state index is 0.821. The Morgan fingerprint density at radius 1 is 1.44 bits per heavy atom. The van der Waals surface area contributed by atoms with Gasteiger partial charge in [-0.05, 0) is 25.3 Å². The molecule has 0 saturated heterocycles. The molecule has 0 spiro atoms. The molecule has 1 aliphatic rings. The number of aromatic nitrogens is 2. The van der Waals surface area contributed by atoms with E-state index < -0.39 is 0 Å². The molecule has 1 fully saturated rings. The van der Waals surface area contributed by atoms with Gasteiger partial charge in [0, 0.05) is 20.1 Å². The summed E-state index contributed by atoms with van der Waals surface area (Å²) >= 11 is 0. The summed E-state index contributed by atoms with van der Waals surface area (Å²) in [6.07, 6.45) is 5.01. The van der Waals surface area contributed by atoms with Crippen molar-refractivity contribution >= 4 is 5.82 Å². The van der Waals surface area contributed by atoms with Crippen LogP contribution in [0.1, 0.15) is 19.0 Å². The quantitative estimate of drug-likeness (QED) is 0.818. The average Bonchev–Trinajstić information content (AvgIpc) is 2.95. The van der Waals surface area contributed by atoms with Crippen molar-refractivity contribution in [2.75, 3.05) is 26.0 Å². The lowest BCUT2D eigenvalue weighted by molar-refractivity contribution is 0.303. The molecule has 2 unspecified atom stereocenters. The largest absolute Gasteiger partial charge is 0.372 e. The highest BCUT2D eigenvalue weighted by molar-refractivity contribution is 5.29. The molecule has 2 atom stereocenters. The number of hydrogen-bond donors (Lipinski definition) is 1. The van der Waals surface area contributed by atoms with Crippen LogP contribution in [0, 0.1) is 11.8 Å². The predicted molar refractivity (Wildman–Crippen MR) is 65.2 cm³/mol. The minimum atomic E-state index is 0.821. The third-order valence-electron chi connectivity index (χ3n) is 3.22. The topological polar surface area (TPSA) is 41.1 Å². The molecule has 88 valence electrons. The Morgan fingerprint density at radius 3 is 2.69 bits per heavy atom. The third-order valence-corrected chi connectivity index (χ3v) is 3.22. The monoisotopic (exact) mass is 220 g/mol. The van der Waals surface area contributed by atoms with E-state index in [9.17, 15) is 0 Å². The second-order valence-corrected chi connectivity index (χ2v) is 4.81. The van der Waals surface area contributed by atoms with Gasteiger partial charge in [0.1, 0.15) is 5.82 Å². The second kappa shape index (κ2) is 4.78. The van der Waals surface area contributed by atoms with Crippen molar-refractivity contribution < 1.29 is 0 Å². The molecule has 0 radical (unpaired) electrons. The molecule has 1 aliphatic carbocycles. The van der Waals surface area contributed by atoms with Gasteiger partial charge in [-0.15, -0.1) is 0 Å². The molecule has 0 bridgehead atoms. The number of rotatable bonds is 5. The standard InChI is InChI=1S/C12H20N4/c1-9-4-10(9)7-16(3)8-11-5-15-12(13-2)6-14-11/h5-6,9-10H,4,7-8H2,1-3H3,(H,13,15). The van der Waals surface area contributed by atoms with E-state index in [0.717, 1.165) is 29.9 Å². The summed E-state index contributed by atoms with van der Waals surface area (Å²) < 4.78 is 0. The van der Waals surface area contributed by atoms with Crippen LogP contribution in [0.15, 0.2) is 12.4 Å². The Labute approximate surface area is 97.1 Å². The normalized spacial score (nSPS) is 23.5. The van der Waals surface area contributed by atoms with Gasteiger partial charge in [-0.1, -0.05) is 6.92 Å². The maximum absolute atomic E-state index is 4.37. The van der Waals surface area contributed by atoms with Gasteiger partial charge < -0.3 is 10.2 Å². The van der Waals surface area contributed by atoms with Crippen LogP contribution in [0.25, 0.3) is 0 Å². The van der Waals surface area contributed by atoms with Gasteiger partial charge in [-0.25, -0.2) is 4.98 Å². The first-order chi connectivity index (χ1) is 7.69. The van der Waals surface area contributed by atoms with Crippen molar-refractivity contribution in [2.24, 2.45) is 11.8 Å². The lowest BCUT2D eigenvalue weighted by Gasteiger charge is -2.15. The maximum atomic E-state index is 4.37. The van der Waals surface area contributed by atoms with E-state index in [4.69, 9.17) is 0 Å². The maximum Gasteiger partial charge on any atom is 0.144 e. The number of nitrogens with one attached hydrogen (secondary N) is 1. The fourth-order valence-electron chi connectivity index (χ4n) is 1.96. The van der Waals surface area contributed by atoms with E-state index in [1.807, 2.05) is 13.2 Å². The van der Waals surface area contributed by atoms with Crippen molar-refractivity contribution in [3.05, 3.63) is 18.1 Å². The van der Waals surface area contributed by atoms with Gasteiger partial charge in [0.25, 0.3) is 0 Å². The van der Waals surface area contributed by atoms with Crippen molar-refractivity contribution in [3.63, 3.8) is 0 Å². The van der Waals surface area contributed by atoms with Crippen LogP contribution in [0.5, 0.6) is 0 Å². The number of anilines is 1. The Hall–Kier alpha value is -1.16. The smallest absolute Gasteiger partial charge is 0.144 e. The molecule has 16 heavy (non-hydrogen) atoms. The predicted octanol–water partition coefficient (Wildman–Crippen LogP) is 1.61. The van der Waals surface area contributed by atoms with Crippen LogP contribution >= 0.6 is 0 Å². The molecule has 0 amide bonds. The van der Waals surface area contributed by atoms with Crippen LogP contribution in [0.4, 0.5) is 5.82 Å². The molecule has 1 heterocycles. The first-order valence-corrected chi connectivity index (χ1v) is 5.86. The molecule has 4 heteroatoms. The van der Waals surface area contributed by atoms with Crippen LogP contribution in [0.2, 0.25) is 0 Å². The zero-order valence-corrected chi connectivity index (χ0v) is 10.3. The molecule has 4 nitrogen and oxygen atoms in total. The van der Waals surface area contributed by atoms with Crippen LogP contribution in [-0.4, -0.2) is 35.5 Å². The molecule has 1 aromatic heterocycles. The van der Waals surface area contributed by atoms with Gasteiger partial charge in [-0.2, -0.15) is 0 Å². The summed E-state index contributed by atoms with van der Waals surface area (Å²) in [6, 6.07) is 0. The first kappa shape index (κ1) is 11.3. The molecule has 0 aromatic carbocycles. The first-order valence-electron chi connectivity index (χ1n) is 5.86. The molecular weight excluding hydrogens is 200 g/mol. The summed E-state index contributed by atoms with van der Waals surface area (Å²) in [5.74, 6) is 2.64. The Kier molecular flexibility index (Phi) is 3.39. The molecular formula is C12H20N4. The Morgan fingerprint density at radius 2 is 2.19 bits per heavy atom. The minimum Gasteiger partial charge on any atom is -0.372 e. The van der Waals surface area contributed by atoms with Gasteiger partial charge in [0.2, 0.25) is 0 Å². The molecule has 0 aliphatic heterocycles. The molecule has 1 aromatic rings. The summed E-state index contributed by atoms with van der Waals surface area (Å²) in [6.45, 7) is 4.39. The van der Waals surface area contributed by atoms with Gasteiger partial charge in [-0.3, -0.25) is 4.98 Å². The SMILES string of the molecule is CNc1cnc(CN(C)CC2CC2C)cn1. The van der Waals surface area contributed by atoms with E-state index in [2.05, 4.69) is 34.2 Å². The van der Waals surface area contributed by atoms with E-state index in [1.54, 1.807) is 6.20 Å². The molecule has 2 rings (SSSR count). The van der Waals surface area contributed by atoms with E-state index in [0.29, 0.717) is 0 Å². The Balaban J connectivity index is 1.83. The van der Waals surface area contributed by atoms with E-state index in [1.165, 1.54) is 13.0 Å². The fraction of sp³-hybridized carbons (Fsp3) is 0.667. The summed E-state index contributed by atoms with van der Waals surface area (Å²) in [5.41, 5.74) is 1.04. The Bertz CT molecular complexity index is 335. The zero-order chi connectivity index (χ0) is 11.5. The second-order valence-electron chi connectivity index (χ2n) is 4.81. The van der Waals surface area contributed by atoms with Crippen LogP contribution < -0.4 is 5.32 Å². The highest BCUT2D eigenvalue weighted by Gasteiger charge is 2.32. The lowest BCUT2D eigenvalue weighted by Crippen LogP contribution is -2.21. The van der Waals surface area contributed by atoms with E-state index >= 15 is 0 Å². The van der Waals surface area contributed by atoms with Crippen molar-refractivity contribution in [1.82, 2.24) is 14.9 Å². The lowest BCUT2D eigenvalue weighted by atomic mass is 10.3. The third kappa shape index (κ3) is 2.92. The highest BCUT2D eigenvalue weighted by Crippen LogP contribution is 2.38. The van der Waals surface area contributed by atoms with Crippen molar-refractivity contribution in [3.8, 4) is 0 Å². The van der Waals surface area contributed by atoms with Gasteiger partial charge in [0.15, 0.2) is 0 Å². The van der Waals surface area contributed by atoms with Crippen molar-refractivity contribution in [2.45, 2.75) is 19.9 Å². The number of nitrogens with zero attached hydrogens (tertiary/aromatic N) is 3. The highest BCUT2D eigenvalue weighted by atomic mass is 15.1. The molecule has 1 N–H and O–H groups in total. The van der Waals surface area contributed by atoms with Crippen LogP contribution in [0.3, 0.4) is 0 Å². The van der Waals surface area contributed by atoms with Crippen LogP contribution in [-0.2, 0) is 6.54 Å². The molecule has 1 saturated carbocycles. The summed E-state index contributed by atoms with van der Waals surface area (Å²) in [5, 5.41) is 2.97.